The van der Waals surface area contributed by atoms with Gasteiger partial charge in [-0.1, -0.05) is 19.9 Å². The lowest BCUT2D eigenvalue weighted by Crippen LogP contribution is -2.45. The molecule has 150 valence electrons. The number of Topliss-reactive ketones (excluding diaryl/α,β-unsaturated/α-hetero) is 1. The third-order valence-electron chi connectivity index (χ3n) is 4.00. The maximum absolute atomic E-state index is 12.5. The fraction of sp³-hybridized carbons (Fsp3) is 0.350. The lowest BCUT2D eigenvalue weighted by Gasteiger charge is -2.20. The fourth-order valence-electron chi connectivity index (χ4n) is 2.45. The van der Waals surface area contributed by atoms with Gasteiger partial charge in [0.1, 0.15) is 17.5 Å². The Balaban J connectivity index is 2.04. The van der Waals surface area contributed by atoms with Crippen molar-refractivity contribution in [3.05, 3.63) is 46.2 Å². The molecule has 0 aliphatic rings. The maximum Gasteiger partial charge on any atom is 0.329 e. The van der Waals surface area contributed by atoms with E-state index in [4.69, 9.17) is 14.2 Å². The minimum absolute atomic E-state index is 0.210. The second-order valence-corrected chi connectivity index (χ2v) is 7.22. The highest BCUT2D eigenvalue weighted by atomic mass is 32.1. The van der Waals surface area contributed by atoms with Gasteiger partial charge in [0.25, 0.3) is 5.91 Å². The first-order valence-corrected chi connectivity index (χ1v) is 9.51. The summed E-state index contributed by atoms with van der Waals surface area (Å²) in [6.07, 6.45) is 0. The van der Waals surface area contributed by atoms with Gasteiger partial charge in [-0.2, -0.15) is 0 Å². The summed E-state index contributed by atoms with van der Waals surface area (Å²) in [5, 5.41) is 4.44. The van der Waals surface area contributed by atoms with Crippen molar-refractivity contribution in [2.45, 2.75) is 19.9 Å². The average molecular weight is 405 g/mol. The number of nitrogens with one attached hydrogen (secondary N) is 1. The predicted octanol–water partition coefficient (Wildman–Crippen LogP) is 2.95. The molecule has 2 aromatic rings. The van der Waals surface area contributed by atoms with Crippen molar-refractivity contribution < 1.29 is 28.6 Å². The van der Waals surface area contributed by atoms with Gasteiger partial charge in [-0.25, -0.2) is 4.79 Å². The molecule has 0 radical (unpaired) electrons. The van der Waals surface area contributed by atoms with Gasteiger partial charge in [0.05, 0.1) is 24.7 Å². The highest BCUT2D eigenvalue weighted by Crippen LogP contribution is 2.24. The van der Waals surface area contributed by atoms with Crippen LogP contribution < -0.4 is 14.8 Å². The summed E-state index contributed by atoms with van der Waals surface area (Å²) in [7, 11) is 2.93. The molecule has 0 saturated heterocycles. The molecule has 7 nitrogen and oxygen atoms in total. The van der Waals surface area contributed by atoms with Crippen LogP contribution in [-0.4, -0.2) is 44.5 Å². The Hall–Kier alpha value is -2.87. The molecule has 0 saturated carbocycles. The van der Waals surface area contributed by atoms with E-state index < -0.39 is 24.4 Å². The number of hydrogen-bond acceptors (Lipinski definition) is 7. The number of ether oxygens (including phenoxy) is 3. The first kappa shape index (κ1) is 21.4. The Morgan fingerprint density at radius 2 is 1.86 bits per heavy atom. The Bertz CT molecular complexity index is 831. The number of rotatable bonds is 9. The predicted molar refractivity (Wildman–Crippen MR) is 105 cm³/mol. The van der Waals surface area contributed by atoms with Crippen LogP contribution in [0.15, 0.2) is 35.7 Å². The van der Waals surface area contributed by atoms with Crippen LogP contribution in [0.5, 0.6) is 11.5 Å². The largest absolute Gasteiger partial charge is 0.497 e. The van der Waals surface area contributed by atoms with E-state index in [0.29, 0.717) is 16.4 Å². The number of carbonyl (C=O) groups is 3. The second kappa shape index (κ2) is 9.89. The summed E-state index contributed by atoms with van der Waals surface area (Å²) in [4.78, 5) is 37.7. The number of carbonyl (C=O) groups excluding carboxylic acids is 3. The molecular weight excluding hydrogens is 382 g/mol. The van der Waals surface area contributed by atoms with Crippen molar-refractivity contribution in [3.8, 4) is 11.5 Å². The van der Waals surface area contributed by atoms with Gasteiger partial charge in [0.15, 0.2) is 6.61 Å². The molecule has 28 heavy (non-hydrogen) atoms. The molecule has 1 aromatic carbocycles. The molecular formula is C20H23NO6S. The van der Waals surface area contributed by atoms with Crippen molar-refractivity contribution in [2.24, 2.45) is 5.92 Å². The lowest BCUT2D eigenvalue weighted by molar-refractivity contribution is -0.145. The van der Waals surface area contributed by atoms with Crippen molar-refractivity contribution in [2.75, 3.05) is 20.8 Å². The van der Waals surface area contributed by atoms with E-state index in [1.807, 2.05) is 0 Å². The number of benzene rings is 1. The molecule has 0 unspecified atom stereocenters. The van der Waals surface area contributed by atoms with Crippen LogP contribution in [0.2, 0.25) is 0 Å². The minimum atomic E-state index is -0.866. The monoisotopic (exact) mass is 405 g/mol. The van der Waals surface area contributed by atoms with Gasteiger partial charge in [0.2, 0.25) is 5.78 Å². The molecule has 8 heteroatoms. The molecule has 0 bridgehead atoms. The average Bonchev–Trinajstić information content (AvgIpc) is 3.23. The number of methoxy groups -OCH3 is 2. The van der Waals surface area contributed by atoms with Crippen LogP contribution >= 0.6 is 11.3 Å². The highest BCUT2D eigenvalue weighted by molar-refractivity contribution is 7.12. The van der Waals surface area contributed by atoms with Crippen LogP contribution in [-0.2, 0) is 9.53 Å². The number of ketones is 1. The van der Waals surface area contributed by atoms with Crippen molar-refractivity contribution >= 4 is 29.0 Å². The Labute approximate surface area is 167 Å². The lowest BCUT2D eigenvalue weighted by atomic mass is 10.0. The first-order chi connectivity index (χ1) is 13.4. The molecule has 1 heterocycles. The normalized spacial score (nSPS) is 11.6. The Kier molecular flexibility index (Phi) is 7.57. The van der Waals surface area contributed by atoms with E-state index >= 15 is 0 Å². The molecule has 0 fully saturated rings. The van der Waals surface area contributed by atoms with Gasteiger partial charge in [-0.15, -0.1) is 11.3 Å². The molecule has 1 N–H and O–H groups in total. The Morgan fingerprint density at radius 1 is 1.11 bits per heavy atom. The number of hydrogen-bond donors (Lipinski definition) is 1. The summed E-state index contributed by atoms with van der Waals surface area (Å²) < 4.78 is 15.5. The quantitative estimate of drug-likeness (QED) is 0.510. The SMILES string of the molecule is COc1ccc(OC)c(C(=O)COC(=O)[C@H](NC(=O)c2cccs2)C(C)C)c1. The van der Waals surface area contributed by atoms with E-state index in [1.54, 1.807) is 43.5 Å². The van der Waals surface area contributed by atoms with Crippen molar-refractivity contribution in [1.29, 1.82) is 0 Å². The van der Waals surface area contributed by atoms with Crippen LogP contribution in [0.25, 0.3) is 0 Å². The molecule has 1 aromatic heterocycles. The van der Waals surface area contributed by atoms with Gasteiger partial charge in [-0.3, -0.25) is 9.59 Å². The molecule has 1 atom stereocenters. The summed E-state index contributed by atoms with van der Waals surface area (Å²) in [5.41, 5.74) is 0.248. The molecule has 0 spiro atoms. The summed E-state index contributed by atoms with van der Waals surface area (Å²) in [5.74, 6) is -0.831. The zero-order valence-corrected chi connectivity index (χ0v) is 17.0. The van der Waals surface area contributed by atoms with E-state index in [-0.39, 0.29) is 17.4 Å². The molecule has 0 aliphatic carbocycles. The smallest absolute Gasteiger partial charge is 0.329 e. The summed E-state index contributed by atoms with van der Waals surface area (Å²) in [6, 6.07) is 7.34. The Morgan fingerprint density at radius 3 is 2.43 bits per heavy atom. The number of thiophene rings is 1. The number of amides is 1. The van der Waals surface area contributed by atoms with E-state index in [2.05, 4.69) is 5.32 Å². The van der Waals surface area contributed by atoms with Crippen LogP contribution in [0.4, 0.5) is 0 Å². The van der Waals surface area contributed by atoms with Crippen molar-refractivity contribution in [3.63, 3.8) is 0 Å². The minimum Gasteiger partial charge on any atom is -0.497 e. The van der Waals surface area contributed by atoms with E-state index in [0.717, 1.165) is 0 Å². The number of esters is 1. The van der Waals surface area contributed by atoms with Gasteiger partial charge in [0, 0.05) is 0 Å². The van der Waals surface area contributed by atoms with Crippen LogP contribution in [0.3, 0.4) is 0 Å². The van der Waals surface area contributed by atoms with E-state index in [9.17, 15) is 14.4 Å². The van der Waals surface area contributed by atoms with E-state index in [1.165, 1.54) is 31.6 Å². The summed E-state index contributed by atoms with van der Waals surface area (Å²) >= 11 is 1.28. The summed E-state index contributed by atoms with van der Waals surface area (Å²) in [6.45, 7) is 3.10. The fourth-order valence-corrected chi connectivity index (χ4v) is 3.08. The zero-order chi connectivity index (χ0) is 20.7. The molecule has 0 aliphatic heterocycles. The molecule has 1 amide bonds. The van der Waals surface area contributed by atoms with Crippen LogP contribution in [0, 0.1) is 5.92 Å². The maximum atomic E-state index is 12.5. The topological polar surface area (TPSA) is 90.9 Å². The van der Waals surface area contributed by atoms with Gasteiger partial charge in [-0.05, 0) is 35.6 Å². The van der Waals surface area contributed by atoms with Crippen LogP contribution in [0.1, 0.15) is 33.9 Å². The third-order valence-corrected chi connectivity index (χ3v) is 4.87. The van der Waals surface area contributed by atoms with Crippen molar-refractivity contribution in [1.82, 2.24) is 5.32 Å². The second-order valence-electron chi connectivity index (χ2n) is 6.27. The first-order valence-electron chi connectivity index (χ1n) is 8.63. The van der Waals surface area contributed by atoms with Gasteiger partial charge < -0.3 is 19.5 Å². The van der Waals surface area contributed by atoms with Gasteiger partial charge >= 0.3 is 5.97 Å². The zero-order valence-electron chi connectivity index (χ0n) is 16.2. The highest BCUT2D eigenvalue weighted by Gasteiger charge is 2.27. The molecule has 2 rings (SSSR count). The standard InChI is InChI=1S/C20H23NO6S/c1-12(2)18(21-19(23)17-6-5-9-28-17)20(24)27-11-15(22)14-10-13(25-3)7-8-16(14)26-4/h5-10,12,18H,11H2,1-4H3,(H,21,23)/t18-/m1/s1. The third kappa shape index (κ3) is 5.32.